The van der Waals surface area contributed by atoms with Gasteiger partial charge in [-0.3, -0.25) is 0 Å². The fourth-order valence-corrected chi connectivity index (χ4v) is 2.97. The van der Waals surface area contributed by atoms with Crippen molar-refractivity contribution in [2.24, 2.45) is 0 Å². The molecule has 2 atom stereocenters. The van der Waals surface area contributed by atoms with Crippen LogP contribution in [0.4, 0.5) is 0 Å². The lowest BCUT2D eigenvalue weighted by Crippen LogP contribution is -2.46. The molecule has 1 rings (SSSR count). The molecule has 0 aromatic rings. The van der Waals surface area contributed by atoms with Gasteiger partial charge in [-0.05, 0) is 12.8 Å². The van der Waals surface area contributed by atoms with Gasteiger partial charge in [-0.1, -0.05) is 12.8 Å². The van der Waals surface area contributed by atoms with Gasteiger partial charge in [-0.25, -0.2) is 13.1 Å². The van der Waals surface area contributed by atoms with Gasteiger partial charge < -0.3 is 9.84 Å². The Morgan fingerprint density at radius 3 is 2.67 bits per heavy atom. The minimum Gasteiger partial charge on any atom is -0.391 e. The van der Waals surface area contributed by atoms with Crippen LogP contribution in [0.25, 0.3) is 0 Å². The number of hydrogen-bond donors (Lipinski definition) is 2. The van der Waals surface area contributed by atoms with Crippen molar-refractivity contribution < 1.29 is 18.3 Å². The second-order valence-electron chi connectivity index (χ2n) is 3.89. The molecular weight excluding hydrogens is 218 g/mol. The van der Waals surface area contributed by atoms with E-state index >= 15 is 0 Å². The maximum absolute atomic E-state index is 11.5. The summed E-state index contributed by atoms with van der Waals surface area (Å²) in [5, 5.41) is 9.60. The maximum atomic E-state index is 11.5. The van der Waals surface area contributed by atoms with E-state index in [1.54, 1.807) is 0 Å². The van der Waals surface area contributed by atoms with Gasteiger partial charge in [-0.2, -0.15) is 0 Å². The van der Waals surface area contributed by atoms with E-state index in [0.717, 1.165) is 12.8 Å². The summed E-state index contributed by atoms with van der Waals surface area (Å²) in [6.07, 6.45) is 2.78. The molecule has 0 aromatic carbocycles. The first-order chi connectivity index (χ1) is 7.05. The molecular formula is C9H19NO4S. The van der Waals surface area contributed by atoms with Crippen LogP contribution in [-0.2, 0) is 14.8 Å². The summed E-state index contributed by atoms with van der Waals surface area (Å²) in [5.41, 5.74) is 0. The largest absolute Gasteiger partial charge is 0.391 e. The summed E-state index contributed by atoms with van der Waals surface area (Å²) in [7, 11) is -1.85. The minimum atomic E-state index is -3.31. The predicted octanol–water partition coefficient (Wildman–Crippen LogP) is -0.144. The van der Waals surface area contributed by atoms with Crippen molar-refractivity contribution >= 4 is 10.0 Å². The SMILES string of the molecule is COCCS(=O)(=O)N[C@H]1CCCC[C@@H]1O. The molecule has 6 heteroatoms. The fraction of sp³-hybridized carbons (Fsp3) is 1.00. The second-order valence-corrected chi connectivity index (χ2v) is 5.76. The van der Waals surface area contributed by atoms with Gasteiger partial charge in [0.05, 0.1) is 18.5 Å². The Kier molecular flexibility index (Phi) is 4.98. The summed E-state index contributed by atoms with van der Waals surface area (Å²) < 4.78 is 30.2. The zero-order chi connectivity index (χ0) is 11.3. The van der Waals surface area contributed by atoms with E-state index in [2.05, 4.69) is 4.72 Å². The van der Waals surface area contributed by atoms with Gasteiger partial charge in [-0.15, -0.1) is 0 Å². The summed E-state index contributed by atoms with van der Waals surface area (Å²) in [6.45, 7) is 0.179. The molecule has 1 aliphatic rings. The van der Waals surface area contributed by atoms with Crippen LogP contribution < -0.4 is 4.72 Å². The van der Waals surface area contributed by atoms with Crippen molar-refractivity contribution in [1.82, 2.24) is 4.72 Å². The van der Waals surface area contributed by atoms with Crippen molar-refractivity contribution in [3.8, 4) is 0 Å². The van der Waals surface area contributed by atoms with E-state index in [1.165, 1.54) is 7.11 Å². The molecule has 0 amide bonds. The molecule has 0 saturated heterocycles. The highest BCUT2D eigenvalue weighted by Crippen LogP contribution is 2.18. The highest BCUT2D eigenvalue weighted by Gasteiger charge is 2.26. The van der Waals surface area contributed by atoms with Crippen LogP contribution in [0.15, 0.2) is 0 Å². The maximum Gasteiger partial charge on any atom is 0.214 e. The topological polar surface area (TPSA) is 75.6 Å². The number of aliphatic hydroxyl groups is 1. The van der Waals surface area contributed by atoms with Crippen LogP contribution in [0.1, 0.15) is 25.7 Å². The molecule has 0 unspecified atom stereocenters. The van der Waals surface area contributed by atoms with Crippen molar-refractivity contribution in [2.75, 3.05) is 19.5 Å². The van der Waals surface area contributed by atoms with Crippen LogP contribution in [0.5, 0.6) is 0 Å². The zero-order valence-corrected chi connectivity index (χ0v) is 9.79. The Balaban J connectivity index is 2.44. The molecule has 0 aromatic heterocycles. The van der Waals surface area contributed by atoms with E-state index in [0.29, 0.717) is 12.8 Å². The lowest BCUT2D eigenvalue weighted by molar-refractivity contribution is 0.101. The first kappa shape index (κ1) is 12.9. The number of hydrogen-bond acceptors (Lipinski definition) is 4. The fourth-order valence-electron chi connectivity index (χ4n) is 1.73. The number of rotatable bonds is 5. The standard InChI is InChI=1S/C9H19NO4S/c1-14-6-7-15(12,13)10-8-4-2-3-5-9(8)11/h8-11H,2-7H2,1H3/t8-,9-/m0/s1. The van der Waals surface area contributed by atoms with Gasteiger partial charge in [0.25, 0.3) is 0 Å². The molecule has 0 spiro atoms. The monoisotopic (exact) mass is 237 g/mol. The summed E-state index contributed by atoms with van der Waals surface area (Å²) in [6, 6.07) is -0.319. The number of aliphatic hydroxyl groups excluding tert-OH is 1. The Bertz CT molecular complexity index is 278. The van der Waals surface area contributed by atoms with Crippen molar-refractivity contribution in [3.63, 3.8) is 0 Å². The van der Waals surface area contributed by atoms with Crippen LogP contribution in [0, 0.1) is 0 Å². The third-order valence-electron chi connectivity index (χ3n) is 2.62. The second kappa shape index (κ2) is 5.79. The third-order valence-corrected chi connectivity index (χ3v) is 3.98. The van der Waals surface area contributed by atoms with Crippen molar-refractivity contribution in [1.29, 1.82) is 0 Å². The highest BCUT2D eigenvalue weighted by molar-refractivity contribution is 7.89. The van der Waals surface area contributed by atoms with Gasteiger partial charge in [0, 0.05) is 13.2 Å². The molecule has 0 bridgehead atoms. The lowest BCUT2D eigenvalue weighted by Gasteiger charge is -2.27. The molecule has 2 N–H and O–H groups in total. The van der Waals surface area contributed by atoms with Crippen LogP contribution >= 0.6 is 0 Å². The van der Waals surface area contributed by atoms with Gasteiger partial charge in [0.15, 0.2) is 0 Å². The molecule has 0 aliphatic heterocycles. The Labute approximate surface area is 90.9 Å². The molecule has 1 fully saturated rings. The Hall–Kier alpha value is -0.170. The average molecular weight is 237 g/mol. The van der Waals surface area contributed by atoms with Gasteiger partial charge in [0.1, 0.15) is 0 Å². The van der Waals surface area contributed by atoms with Crippen LogP contribution in [0.3, 0.4) is 0 Å². The third kappa shape index (κ3) is 4.46. The summed E-state index contributed by atoms with van der Waals surface area (Å²) in [4.78, 5) is 0. The lowest BCUT2D eigenvalue weighted by atomic mass is 9.93. The zero-order valence-electron chi connectivity index (χ0n) is 8.98. The number of nitrogens with one attached hydrogen (secondary N) is 1. The van der Waals surface area contributed by atoms with E-state index in [1.807, 2.05) is 0 Å². The van der Waals surface area contributed by atoms with Crippen LogP contribution in [0.2, 0.25) is 0 Å². The highest BCUT2D eigenvalue weighted by atomic mass is 32.2. The number of ether oxygens (including phenoxy) is 1. The molecule has 90 valence electrons. The van der Waals surface area contributed by atoms with Crippen molar-refractivity contribution in [2.45, 2.75) is 37.8 Å². The minimum absolute atomic E-state index is 0.0489. The molecule has 1 saturated carbocycles. The number of methoxy groups -OCH3 is 1. The summed E-state index contributed by atoms with van der Waals surface area (Å²) in [5.74, 6) is -0.0489. The quantitative estimate of drug-likeness (QED) is 0.697. The smallest absolute Gasteiger partial charge is 0.214 e. The Morgan fingerprint density at radius 2 is 2.07 bits per heavy atom. The van der Waals surface area contributed by atoms with Gasteiger partial charge >= 0.3 is 0 Å². The van der Waals surface area contributed by atoms with E-state index in [9.17, 15) is 13.5 Å². The van der Waals surface area contributed by atoms with E-state index in [-0.39, 0.29) is 18.4 Å². The predicted molar refractivity (Wildman–Crippen MR) is 57.1 cm³/mol. The molecule has 1 aliphatic carbocycles. The normalized spacial score (nSPS) is 27.9. The van der Waals surface area contributed by atoms with Crippen LogP contribution in [-0.4, -0.2) is 45.1 Å². The molecule has 5 nitrogen and oxygen atoms in total. The molecule has 0 radical (unpaired) electrons. The first-order valence-electron chi connectivity index (χ1n) is 5.22. The first-order valence-corrected chi connectivity index (χ1v) is 6.87. The van der Waals surface area contributed by atoms with E-state index < -0.39 is 16.1 Å². The number of sulfonamides is 1. The summed E-state index contributed by atoms with van der Waals surface area (Å²) >= 11 is 0. The average Bonchev–Trinajstić information content (AvgIpc) is 2.18. The Morgan fingerprint density at radius 1 is 1.40 bits per heavy atom. The van der Waals surface area contributed by atoms with E-state index in [4.69, 9.17) is 4.74 Å². The molecule has 0 heterocycles. The van der Waals surface area contributed by atoms with Crippen molar-refractivity contribution in [3.05, 3.63) is 0 Å². The molecule has 15 heavy (non-hydrogen) atoms. The van der Waals surface area contributed by atoms with Gasteiger partial charge in [0.2, 0.25) is 10.0 Å².